The highest BCUT2D eigenvalue weighted by atomic mass is 79.9. The van der Waals surface area contributed by atoms with Gasteiger partial charge in [-0.1, -0.05) is 34.1 Å². The zero-order valence-corrected chi connectivity index (χ0v) is 12.8. The lowest BCUT2D eigenvalue weighted by Gasteiger charge is -2.09. The number of benzene rings is 2. The van der Waals surface area contributed by atoms with Gasteiger partial charge in [-0.15, -0.1) is 0 Å². The fourth-order valence-electron chi connectivity index (χ4n) is 1.22. The lowest BCUT2D eigenvalue weighted by atomic mass is 10.3. The van der Waals surface area contributed by atoms with Crippen LogP contribution >= 0.6 is 47.8 Å². The fourth-order valence-corrected chi connectivity index (χ4v) is 2.72. The second-order valence-electron chi connectivity index (χ2n) is 3.11. The normalized spacial score (nSPS) is 10.2. The second-order valence-corrected chi connectivity index (χ2v) is 5.68. The molecular weight excluding hydrogens is 400 g/mol. The Morgan fingerprint density at radius 1 is 0.875 bits per heavy atom. The molecule has 2 aromatic carbocycles. The molecule has 0 aliphatic rings. The summed E-state index contributed by atoms with van der Waals surface area (Å²) in [4.78, 5) is 0. The Morgan fingerprint density at radius 3 is 2.25 bits per heavy atom. The molecule has 0 radical (unpaired) electrons. The van der Waals surface area contributed by atoms with Crippen molar-refractivity contribution in [3.05, 3.63) is 55.9 Å². The molecule has 0 saturated heterocycles. The molecule has 0 aromatic heterocycles. The number of rotatable bonds is 2. The molecule has 0 saturated carbocycles. The average molecular weight is 407 g/mol. The molecule has 0 amide bonds. The summed E-state index contributed by atoms with van der Waals surface area (Å²) in [5.41, 5.74) is 0. The molecule has 0 aliphatic heterocycles. The van der Waals surface area contributed by atoms with Crippen molar-refractivity contribution in [1.29, 1.82) is 0 Å². The maximum Gasteiger partial charge on any atom is 0.143 e. The first-order valence-corrected chi connectivity index (χ1v) is 6.92. The summed E-state index contributed by atoms with van der Waals surface area (Å²) in [6.45, 7) is 0. The molecule has 0 atom stereocenters. The van der Waals surface area contributed by atoms with E-state index < -0.39 is 0 Å². The summed E-state index contributed by atoms with van der Waals surface area (Å²) in [6.07, 6.45) is 0. The van der Waals surface area contributed by atoms with Crippen LogP contribution in [0.3, 0.4) is 0 Å². The summed E-state index contributed by atoms with van der Waals surface area (Å²) in [6, 6.07) is 13.6. The first kappa shape index (κ1) is 12.1. The van der Waals surface area contributed by atoms with Gasteiger partial charge in [0.05, 0.1) is 4.47 Å². The van der Waals surface area contributed by atoms with Gasteiger partial charge in [0.1, 0.15) is 11.5 Å². The third-order valence-corrected chi connectivity index (χ3v) is 4.36. The van der Waals surface area contributed by atoms with E-state index in [0.29, 0.717) is 0 Å². The Hall–Kier alpha value is -0.320. The quantitative estimate of drug-likeness (QED) is 0.575. The summed E-state index contributed by atoms with van der Waals surface area (Å²) in [5, 5.41) is 0. The summed E-state index contributed by atoms with van der Waals surface area (Å²) < 4.78 is 8.58. The SMILES string of the molecule is Brc1cc(Br)c(Br)c(Oc2ccccc2)c1. The Labute approximate surface area is 119 Å². The van der Waals surface area contributed by atoms with Crippen LogP contribution < -0.4 is 4.74 Å². The van der Waals surface area contributed by atoms with Crippen LogP contribution in [0.15, 0.2) is 55.9 Å². The highest BCUT2D eigenvalue weighted by Gasteiger charge is 2.07. The number of hydrogen-bond acceptors (Lipinski definition) is 1. The van der Waals surface area contributed by atoms with Crippen LogP contribution in [-0.2, 0) is 0 Å². The number of ether oxygens (including phenoxy) is 1. The van der Waals surface area contributed by atoms with E-state index in [9.17, 15) is 0 Å². The van der Waals surface area contributed by atoms with Crippen LogP contribution in [0.2, 0.25) is 0 Å². The highest BCUT2D eigenvalue weighted by molar-refractivity contribution is 9.13. The third-order valence-electron chi connectivity index (χ3n) is 1.93. The van der Waals surface area contributed by atoms with Gasteiger partial charge in [-0.05, 0) is 56.1 Å². The van der Waals surface area contributed by atoms with Gasteiger partial charge in [-0.25, -0.2) is 0 Å². The zero-order chi connectivity index (χ0) is 11.5. The van der Waals surface area contributed by atoms with E-state index in [1.807, 2.05) is 42.5 Å². The van der Waals surface area contributed by atoms with E-state index in [1.165, 1.54) is 0 Å². The van der Waals surface area contributed by atoms with Crippen LogP contribution in [0.25, 0.3) is 0 Å². The zero-order valence-electron chi connectivity index (χ0n) is 8.08. The van der Waals surface area contributed by atoms with E-state index in [1.54, 1.807) is 0 Å². The van der Waals surface area contributed by atoms with Crippen LogP contribution in [-0.4, -0.2) is 0 Å². The van der Waals surface area contributed by atoms with Crippen molar-refractivity contribution >= 4 is 47.8 Å². The van der Waals surface area contributed by atoms with E-state index in [4.69, 9.17) is 4.74 Å². The van der Waals surface area contributed by atoms with Gasteiger partial charge < -0.3 is 4.74 Å². The smallest absolute Gasteiger partial charge is 0.143 e. The van der Waals surface area contributed by atoms with E-state index >= 15 is 0 Å². The van der Waals surface area contributed by atoms with Gasteiger partial charge in [0, 0.05) is 8.95 Å². The fraction of sp³-hybridized carbons (Fsp3) is 0. The van der Waals surface area contributed by atoms with Crippen molar-refractivity contribution in [3.8, 4) is 11.5 Å². The number of para-hydroxylation sites is 1. The molecule has 2 aromatic rings. The van der Waals surface area contributed by atoms with E-state index in [-0.39, 0.29) is 0 Å². The van der Waals surface area contributed by atoms with Crippen LogP contribution in [0.4, 0.5) is 0 Å². The monoisotopic (exact) mass is 404 g/mol. The second kappa shape index (κ2) is 5.34. The Morgan fingerprint density at radius 2 is 1.56 bits per heavy atom. The molecule has 2 rings (SSSR count). The average Bonchev–Trinajstić information content (AvgIpc) is 2.27. The maximum atomic E-state index is 5.76. The molecule has 1 nitrogen and oxygen atoms in total. The first-order valence-electron chi connectivity index (χ1n) is 4.54. The van der Waals surface area contributed by atoms with Crippen LogP contribution in [0.1, 0.15) is 0 Å². The lowest BCUT2D eigenvalue weighted by Crippen LogP contribution is -1.86. The topological polar surface area (TPSA) is 9.23 Å². The Kier molecular flexibility index (Phi) is 4.05. The van der Waals surface area contributed by atoms with E-state index in [0.717, 1.165) is 24.9 Å². The molecule has 4 heteroatoms. The van der Waals surface area contributed by atoms with Crippen molar-refractivity contribution in [1.82, 2.24) is 0 Å². The third kappa shape index (κ3) is 2.87. The molecule has 0 N–H and O–H groups in total. The molecule has 0 fully saturated rings. The standard InChI is InChI=1S/C12H7Br3O/c13-8-6-10(14)12(15)11(7-8)16-9-4-2-1-3-5-9/h1-7H. The lowest BCUT2D eigenvalue weighted by molar-refractivity contribution is 0.479. The predicted octanol–water partition coefficient (Wildman–Crippen LogP) is 5.77. The van der Waals surface area contributed by atoms with E-state index in [2.05, 4.69) is 47.8 Å². The maximum absolute atomic E-state index is 5.76. The molecule has 82 valence electrons. The van der Waals surface area contributed by atoms with Gasteiger partial charge >= 0.3 is 0 Å². The number of halogens is 3. The first-order chi connectivity index (χ1) is 7.66. The molecule has 0 spiro atoms. The number of hydrogen-bond donors (Lipinski definition) is 0. The molecular formula is C12H7Br3O. The van der Waals surface area contributed by atoms with Gasteiger partial charge in [0.15, 0.2) is 0 Å². The van der Waals surface area contributed by atoms with Crippen molar-refractivity contribution in [2.45, 2.75) is 0 Å². The summed E-state index contributed by atoms with van der Waals surface area (Å²) in [7, 11) is 0. The summed E-state index contributed by atoms with van der Waals surface area (Å²) in [5.74, 6) is 1.58. The Balaban J connectivity index is 2.35. The van der Waals surface area contributed by atoms with Gasteiger partial charge in [0.2, 0.25) is 0 Å². The molecule has 0 unspecified atom stereocenters. The van der Waals surface area contributed by atoms with Crippen molar-refractivity contribution < 1.29 is 4.74 Å². The summed E-state index contributed by atoms with van der Waals surface area (Å²) >= 11 is 10.4. The molecule has 16 heavy (non-hydrogen) atoms. The van der Waals surface area contributed by atoms with Crippen molar-refractivity contribution in [2.75, 3.05) is 0 Å². The highest BCUT2D eigenvalue weighted by Crippen LogP contribution is 2.38. The minimum absolute atomic E-state index is 0.771. The van der Waals surface area contributed by atoms with Gasteiger partial charge in [-0.2, -0.15) is 0 Å². The minimum atomic E-state index is 0.771. The van der Waals surface area contributed by atoms with Crippen molar-refractivity contribution in [3.63, 3.8) is 0 Å². The van der Waals surface area contributed by atoms with Crippen LogP contribution in [0, 0.1) is 0 Å². The molecule has 0 aliphatic carbocycles. The van der Waals surface area contributed by atoms with Crippen molar-refractivity contribution in [2.24, 2.45) is 0 Å². The predicted molar refractivity (Wildman–Crippen MR) is 76.1 cm³/mol. The molecule has 0 heterocycles. The van der Waals surface area contributed by atoms with Gasteiger partial charge in [-0.3, -0.25) is 0 Å². The van der Waals surface area contributed by atoms with Gasteiger partial charge in [0.25, 0.3) is 0 Å². The largest absolute Gasteiger partial charge is 0.456 e. The Bertz CT molecular complexity index is 497. The van der Waals surface area contributed by atoms with Crippen LogP contribution in [0.5, 0.6) is 11.5 Å². The minimum Gasteiger partial charge on any atom is -0.456 e. The molecule has 0 bridgehead atoms.